The summed E-state index contributed by atoms with van der Waals surface area (Å²) in [6.07, 6.45) is 3.31. The number of hydrogen-bond donors (Lipinski definition) is 0. The molecule has 1 atom stereocenters. The van der Waals surface area contributed by atoms with E-state index in [1.165, 1.54) is 0 Å². The fourth-order valence-corrected chi connectivity index (χ4v) is 1.25. The molecule has 1 aliphatic rings. The maximum atomic E-state index is 10.3. The molecule has 3 heteroatoms. The summed E-state index contributed by atoms with van der Waals surface area (Å²) in [7, 11) is 1.69. The van der Waals surface area contributed by atoms with Crippen LogP contribution in [0.1, 0.15) is 12.8 Å². The summed E-state index contributed by atoms with van der Waals surface area (Å²) in [6.45, 7) is 1.66. The molecule has 0 aromatic carbocycles. The largest absolute Gasteiger partial charge is 0.380 e. The zero-order chi connectivity index (χ0) is 7.40. The van der Waals surface area contributed by atoms with E-state index in [1.807, 2.05) is 0 Å². The summed E-state index contributed by atoms with van der Waals surface area (Å²) < 4.78 is 5.12. The molecule has 0 N–H and O–H groups in total. The van der Waals surface area contributed by atoms with Gasteiger partial charge in [0.05, 0.1) is 6.10 Å². The van der Waals surface area contributed by atoms with E-state index in [1.54, 1.807) is 12.0 Å². The summed E-state index contributed by atoms with van der Waals surface area (Å²) in [5, 5.41) is 0. The molecule has 0 aromatic heterocycles. The predicted octanol–water partition coefficient (Wildman–Crippen LogP) is 0.254. The SMILES string of the molecule is CO[C@H]1CCCN(C=O)C1. The third-order valence-corrected chi connectivity index (χ3v) is 1.89. The van der Waals surface area contributed by atoms with Crippen molar-refractivity contribution in [3.63, 3.8) is 0 Å². The molecule has 3 nitrogen and oxygen atoms in total. The lowest BCUT2D eigenvalue weighted by Crippen LogP contribution is -2.38. The summed E-state index contributed by atoms with van der Waals surface area (Å²) in [4.78, 5) is 12.1. The average molecular weight is 143 g/mol. The number of likely N-dealkylation sites (tertiary alicyclic amines) is 1. The lowest BCUT2D eigenvalue weighted by Gasteiger charge is -2.28. The Labute approximate surface area is 61.0 Å². The van der Waals surface area contributed by atoms with Crippen LogP contribution < -0.4 is 0 Å². The molecular formula is C7H13NO2. The van der Waals surface area contributed by atoms with Crippen molar-refractivity contribution >= 4 is 6.41 Å². The van der Waals surface area contributed by atoms with Crippen LogP contribution >= 0.6 is 0 Å². The van der Waals surface area contributed by atoms with Gasteiger partial charge in [-0.25, -0.2) is 0 Å². The number of ether oxygens (including phenoxy) is 1. The molecule has 10 heavy (non-hydrogen) atoms. The molecule has 1 fully saturated rings. The van der Waals surface area contributed by atoms with Crippen molar-refractivity contribution in [2.45, 2.75) is 18.9 Å². The number of piperidine rings is 1. The Morgan fingerprint density at radius 3 is 3.10 bits per heavy atom. The Hall–Kier alpha value is -0.570. The molecule has 0 bridgehead atoms. The molecule has 1 heterocycles. The molecule has 0 unspecified atom stereocenters. The second kappa shape index (κ2) is 3.56. The van der Waals surface area contributed by atoms with Crippen molar-refractivity contribution in [1.82, 2.24) is 4.90 Å². The maximum absolute atomic E-state index is 10.3. The molecule has 0 radical (unpaired) electrons. The zero-order valence-corrected chi connectivity index (χ0v) is 6.25. The molecule has 1 rings (SSSR count). The van der Waals surface area contributed by atoms with Gasteiger partial charge in [0.2, 0.25) is 6.41 Å². The predicted molar refractivity (Wildman–Crippen MR) is 37.7 cm³/mol. The highest BCUT2D eigenvalue weighted by Crippen LogP contribution is 2.09. The van der Waals surface area contributed by atoms with Crippen molar-refractivity contribution < 1.29 is 9.53 Å². The van der Waals surface area contributed by atoms with Gasteiger partial charge in [0.1, 0.15) is 0 Å². The fraction of sp³-hybridized carbons (Fsp3) is 0.857. The van der Waals surface area contributed by atoms with Crippen LogP contribution in [0.5, 0.6) is 0 Å². The van der Waals surface area contributed by atoms with Crippen molar-refractivity contribution in [3.8, 4) is 0 Å². The van der Waals surface area contributed by atoms with Gasteiger partial charge in [-0.15, -0.1) is 0 Å². The first-order chi connectivity index (χ1) is 4.86. The quantitative estimate of drug-likeness (QED) is 0.519. The Morgan fingerprint density at radius 2 is 2.50 bits per heavy atom. The van der Waals surface area contributed by atoms with E-state index in [0.29, 0.717) is 0 Å². The van der Waals surface area contributed by atoms with E-state index in [0.717, 1.165) is 32.3 Å². The minimum absolute atomic E-state index is 0.263. The van der Waals surface area contributed by atoms with Gasteiger partial charge in [-0.05, 0) is 12.8 Å². The van der Waals surface area contributed by atoms with Crippen LogP contribution in [0.3, 0.4) is 0 Å². The van der Waals surface area contributed by atoms with Gasteiger partial charge in [0, 0.05) is 20.2 Å². The van der Waals surface area contributed by atoms with Crippen LogP contribution in [0.15, 0.2) is 0 Å². The smallest absolute Gasteiger partial charge is 0.209 e. The minimum atomic E-state index is 0.263. The third-order valence-electron chi connectivity index (χ3n) is 1.89. The van der Waals surface area contributed by atoms with Crippen LogP contribution in [0.4, 0.5) is 0 Å². The zero-order valence-electron chi connectivity index (χ0n) is 6.25. The Morgan fingerprint density at radius 1 is 1.70 bits per heavy atom. The number of nitrogens with zero attached hydrogens (tertiary/aromatic N) is 1. The van der Waals surface area contributed by atoms with Crippen LogP contribution in [0, 0.1) is 0 Å². The summed E-state index contributed by atoms with van der Waals surface area (Å²) in [6, 6.07) is 0. The van der Waals surface area contributed by atoms with E-state index < -0.39 is 0 Å². The van der Waals surface area contributed by atoms with Gasteiger partial charge in [-0.3, -0.25) is 4.79 Å². The summed E-state index contributed by atoms with van der Waals surface area (Å²) in [5.74, 6) is 0. The van der Waals surface area contributed by atoms with Crippen molar-refractivity contribution in [2.24, 2.45) is 0 Å². The first-order valence-electron chi connectivity index (χ1n) is 3.59. The monoisotopic (exact) mass is 143 g/mol. The summed E-state index contributed by atoms with van der Waals surface area (Å²) >= 11 is 0. The standard InChI is InChI=1S/C7H13NO2/c1-10-7-3-2-4-8(5-7)6-9/h6-7H,2-5H2,1H3/t7-/m0/s1. The fourth-order valence-electron chi connectivity index (χ4n) is 1.25. The highest BCUT2D eigenvalue weighted by molar-refractivity contribution is 5.47. The molecule has 0 aromatic rings. The second-order valence-electron chi connectivity index (χ2n) is 2.60. The van der Waals surface area contributed by atoms with Crippen LogP contribution in [0.25, 0.3) is 0 Å². The van der Waals surface area contributed by atoms with Gasteiger partial charge >= 0.3 is 0 Å². The molecule has 0 saturated carbocycles. The first kappa shape index (κ1) is 7.54. The van der Waals surface area contributed by atoms with Gasteiger partial charge in [0.25, 0.3) is 0 Å². The summed E-state index contributed by atoms with van der Waals surface area (Å²) in [5.41, 5.74) is 0. The molecule has 0 aliphatic carbocycles. The van der Waals surface area contributed by atoms with Gasteiger partial charge in [-0.2, -0.15) is 0 Å². The lowest BCUT2D eigenvalue weighted by molar-refractivity contribution is -0.121. The van der Waals surface area contributed by atoms with Crippen molar-refractivity contribution in [1.29, 1.82) is 0 Å². The number of methoxy groups -OCH3 is 1. The second-order valence-corrected chi connectivity index (χ2v) is 2.60. The highest BCUT2D eigenvalue weighted by atomic mass is 16.5. The van der Waals surface area contributed by atoms with Crippen LogP contribution in [0.2, 0.25) is 0 Å². The molecule has 0 spiro atoms. The molecule has 1 saturated heterocycles. The topological polar surface area (TPSA) is 29.5 Å². The van der Waals surface area contributed by atoms with E-state index >= 15 is 0 Å². The molecule has 1 amide bonds. The van der Waals surface area contributed by atoms with Crippen LogP contribution in [-0.2, 0) is 9.53 Å². The Balaban J connectivity index is 2.31. The van der Waals surface area contributed by atoms with Gasteiger partial charge < -0.3 is 9.64 Å². The first-order valence-corrected chi connectivity index (χ1v) is 3.59. The molecule has 1 aliphatic heterocycles. The van der Waals surface area contributed by atoms with E-state index in [-0.39, 0.29) is 6.10 Å². The number of amides is 1. The highest BCUT2D eigenvalue weighted by Gasteiger charge is 2.17. The lowest BCUT2D eigenvalue weighted by atomic mass is 10.1. The Kier molecular flexibility index (Phi) is 2.68. The minimum Gasteiger partial charge on any atom is -0.380 e. The Bertz CT molecular complexity index is 116. The van der Waals surface area contributed by atoms with E-state index in [4.69, 9.17) is 4.74 Å². The van der Waals surface area contributed by atoms with E-state index in [2.05, 4.69) is 0 Å². The maximum Gasteiger partial charge on any atom is 0.209 e. The normalized spacial score (nSPS) is 26.5. The van der Waals surface area contributed by atoms with E-state index in [9.17, 15) is 4.79 Å². The number of carbonyl (C=O) groups excluding carboxylic acids is 1. The number of carbonyl (C=O) groups is 1. The number of rotatable bonds is 2. The molecule has 58 valence electrons. The van der Waals surface area contributed by atoms with Gasteiger partial charge in [0.15, 0.2) is 0 Å². The number of hydrogen-bond acceptors (Lipinski definition) is 2. The molecular weight excluding hydrogens is 130 g/mol. The average Bonchev–Trinajstić information content (AvgIpc) is 2.05. The van der Waals surface area contributed by atoms with Crippen LogP contribution in [-0.4, -0.2) is 37.6 Å². The third kappa shape index (κ3) is 1.70. The van der Waals surface area contributed by atoms with Crippen molar-refractivity contribution in [3.05, 3.63) is 0 Å². The van der Waals surface area contributed by atoms with Crippen molar-refractivity contribution in [2.75, 3.05) is 20.2 Å². The van der Waals surface area contributed by atoms with Gasteiger partial charge in [-0.1, -0.05) is 0 Å².